The molecule has 24 heavy (non-hydrogen) atoms. The SMILES string of the molecule is Cc1cc(CN2CCN(S(=O)(=O)c3ccc(Cl)c(Cl)c3)CC2)no1. The van der Waals surface area contributed by atoms with Crippen LogP contribution in [0, 0.1) is 6.92 Å². The van der Waals surface area contributed by atoms with E-state index in [9.17, 15) is 8.42 Å². The Morgan fingerprint density at radius 2 is 1.83 bits per heavy atom. The van der Waals surface area contributed by atoms with Gasteiger partial charge in [-0.15, -0.1) is 0 Å². The van der Waals surface area contributed by atoms with Crippen molar-refractivity contribution in [2.75, 3.05) is 26.2 Å². The first-order chi connectivity index (χ1) is 11.4. The van der Waals surface area contributed by atoms with Crippen LogP contribution < -0.4 is 0 Å². The summed E-state index contributed by atoms with van der Waals surface area (Å²) in [6, 6.07) is 6.26. The molecule has 130 valence electrons. The number of aromatic nitrogens is 1. The Morgan fingerprint density at radius 3 is 2.42 bits per heavy atom. The highest BCUT2D eigenvalue weighted by molar-refractivity contribution is 7.89. The molecule has 1 fully saturated rings. The molecule has 0 radical (unpaired) electrons. The highest BCUT2D eigenvalue weighted by atomic mass is 35.5. The lowest BCUT2D eigenvalue weighted by Gasteiger charge is -2.33. The highest BCUT2D eigenvalue weighted by Gasteiger charge is 2.29. The minimum Gasteiger partial charge on any atom is -0.361 e. The highest BCUT2D eigenvalue weighted by Crippen LogP contribution is 2.27. The van der Waals surface area contributed by atoms with Crippen LogP contribution in [0.1, 0.15) is 11.5 Å². The van der Waals surface area contributed by atoms with Crippen LogP contribution in [-0.2, 0) is 16.6 Å². The van der Waals surface area contributed by atoms with Crippen molar-refractivity contribution in [1.29, 1.82) is 0 Å². The number of piperazine rings is 1. The number of aryl methyl sites for hydroxylation is 1. The molecule has 1 aliphatic heterocycles. The largest absolute Gasteiger partial charge is 0.361 e. The maximum absolute atomic E-state index is 12.7. The van der Waals surface area contributed by atoms with Gasteiger partial charge in [-0.2, -0.15) is 4.31 Å². The van der Waals surface area contributed by atoms with E-state index in [1.165, 1.54) is 22.5 Å². The normalized spacial score (nSPS) is 17.3. The van der Waals surface area contributed by atoms with Gasteiger partial charge in [0.1, 0.15) is 5.76 Å². The average Bonchev–Trinajstić information content (AvgIpc) is 2.95. The van der Waals surface area contributed by atoms with Crippen molar-refractivity contribution < 1.29 is 12.9 Å². The fourth-order valence-electron chi connectivity index (χ4n) is 2.64. The minimum atomic E-state index is -3.56. The van der Waals surface area contributed by atoms with Crippen LogP contribution in [0.3, 0.4) is 0 Å². The van der Waals surface area contributed by atoms with Crippen LogP contribution in [0.25, 0.3) is 0 Å². The molecular weight excluding hydrogens is 373 g/mol. The Hall–Kier alpha value is -1.12. The lowest BCUT2D eigenvalue weighted by atomic mass is 10.3. The molecule has 1 saturated heterocycles. The molecule has 0 spiro atoms. The fraction of sp³-hybridized carbons (Fsp3) is 0.400. The van der Waals surface area contributed by atoms with Gasteiger partial charge in [-0.1, -0.05) is 28.4 Å². The molecule has 1 aromatic carbocycles. The first kappa shape index (κ1) is 17.7. The van der Waals surface area contributed by atoms with Crippen molar-refractivity contribution in [1.82, 2.24) is 14.4 Å². The Kier molecular flexibility index (Phi) is 5.17. The number of benzene rings is 1. The number of hydrogen-bond acceptors (Lipinski definition) is 5. The van der Waals surface area contributed by atoms with Crippen LogP contribution in [-0.4, -0.2) is 49.0 Å². The van der Waals surface area contributed by atoms with Gasteiger partial charge in [0.25, 0.3) is 0 Å². The average molecular weight is 390 g/mol. The number of rotatable bonds is 4. The first-order valence-electron chi connectivity index (χ1n) is 7.46. The summed E-state index contributed by atoms with van der Waals surface area (Å²) < 4.78 is 31.9. The van der Waals surface area contributed by atoms with E-state index < -0.39 is 10.0 Å². The van der Waals surface area contributed by atoms with Gasteiger partial charge >= 0.3 is 0 Å². The van der Waals surface area contributed by atoms with Crippen molar-refractivity contribution in [2.45, 2.75) is 18.4 Å². The third-order valence-corrected chi connectivity index (χ3v) is 6.56. The maximum Gasteiger partial charge on any atom is 0.243 e. The molecular formula is C15H17Cl2N3O3S. The van der Waals surface area contributed by atoms with Gasteiger partial charge < -0.3 is 4.52 Å². The number of halogens is 2. The van der Waals surface area contributed by atoms with Crippen LogP contribution in [0.5, 0.6) is 0 Å². The molecule has 0 saturated carbocycles. The number of sulfonamides is 1. The molecule has 0 bridgehead atoms. The maximum atomic E-state index is 12.7. The van der Waals surface area contributed by atoms with E-state index in [-0.39, 0.29) is 9.92 Å². The van der Waals surface area contributed by atoms with Crippen molar-refractivity contribution in [3.63, 3.8) is 0 Å². The molecule has 1 aliphatic rings. The molecule has 6 nitrogen and oxygen atoms in total. The van der Waals surface area contributed by atoms with E-state index in [1.807, 2.05) is 13.0 Å². The lowest BCUT2D eigenvalue weighted by molar-refractivity contribution is 0.177. The van der Waals surface area contributed by atoms with E-state index in [0.717, 1.165) is 11.5 Å². The molecule has 3 rings (SSSR count). The Balaban J connectivity index is 1.65. The summed E-state index contributed by atoms with van der Waals surface area (Å²) in [5, 5.41) is 4.54. The molecule has 0 amide bonds. The monoisotopic (exact) mass is 389 g/mol. The van der Waals surface area contributed by atoms with Crippen molar-refractivity contribution in [3.8, 4) is 0 Å². The first-order valence-corrected chi connectivity index (χ1v) is 9.65. The molecule has 0 unspecified atom stereocenters. The van der Waals surface area contributed by atoms with Gasteiger partial charge in [-0.05, 0) is 25.1 Å². The standard InChI is InChI=1S/C15H17Cl2N3O3S/c1-11-8-12(18-23-11)10-19-4-6-20(7-5-19)24(21,22)13-2-3-14(16)15(17)9-13/h2-3,8-9H,4-7,10H2,1H3. The number of nitrogens with zero attached hydrogens (tertiary/aromatic N) is 3. The van der Waals surface area contributed by atoms with E-state index in [0.29, 0.717) is 37.7 Å². The van der Waals surface area contributed by atoms with Gasteiger partial charge in [0.15, 0.2) is 0 Å². The van der Waals surface area contributed by atoms with Crippen molar-refractivity contribution >= 4 is 33.2 Å². The Bertz CT molecular complexity index is 830. The third-order valence-electron chi connectivity index (χ3n) is 3.92. The smallest absolute Gasteiger partial charge is 0.243 e. The predicted octanol–water partition coefficient (Wildman–Crippen LogP) is 2.80. The van der Waals surface area contributed by atoms with E-state index in [2.05, 4.69) is 10.1 Å². The summed E-state index contributed by atoms with van der Waals surface area (Å²) in [5.74, 6) is 0.769. The summed E-state index contributed by atoms with van der Waals surface area (Å²) in [6.45, 7) is 4.59. The molecule has 2 aromatic rings. The van der Waals surface area contributed by atoms with Gasteiger partial charge in [0.2, 0.25) is 10.0 Å². The summed E-state index contributed by atoms with van der Waals surface area (Å²) >= 11 is 11.8. The zero-order valence-electron chi connectivity index (χ0n) is 13.1. The minimum absolute atomic E-state index is 0.164. The summed E-state index contributed by atoms with van der Waals surface area (Å²) in [7, 11) is -3.56. The van der Waals surface area contributed by atoms with E-state index in [1.54, 1.807) is 0 Å². The van der Waals surface area contributed by atoms with Crippen LogP contribution in [0.15, 0.2) is 33.7 Å². The molecule has 0 N–H and O–H groups in total. The van der Waals surface area contributed by atoms with Gasteiger partial charge in [-0.3, -0.25) is 4.90 Å². The second-order valence-electron chi connectivity index (χ2n) is 5.69. The van der Waals surface area contributed by atoms with E-state index >= 15 is 0 Å². The molecule has 1 aromatic heterocycles. The van der Waals surface area contributed by atoms with Crippen LogP contribution in [0.4, 0.5) is 0 Å². The lowest BCUT2D eigenvalue weighted by Crippen LogP contribution is -2.48. The quantitative estimate of drug-likeness (QED) is 0.803. The molecule has 0 atom stereocenters. The summed E-state index contributed by atoms with van der Waals surface area (Å²) in [4.78, 5) is 2.32. The third kappa shape index (κ3) is 3.75. The summed E-state index contributed by atoms with van der Waals surface area (Å²) in [5.41, 5.74) is 0.855. The Morgan fingerprint density at radius 1 is 1.12 bits per heavy atom. The van der Waals surface area contributed by atoms with Crippen LogP contribution in [0.2, 0.25) is 10.0 Å². The zero-order valence-corrected chi connectivity index (χ0v) is 15.4. The van der Waals surface area contributed by atoms with Crippen molar-refractivity contribution in [3.05, 3.63) is 45.8 Å². The number of hydrogen-bond donors (Lipinski definition) is 0. The predicted molar refractivity (Wildman–Crippen MR) is 91.7 cm³/mol. The Labute approximate surface area is 151 Å². The second kappa shape index (κ2) is 7.01. The second-order valence-corrected chi connectivity index (χ2v) is 8.44. The zero-order chi connectivity index (χ0) is 17.3. The fourth-order valence-corrected chi connectivity index (χ4v) is 4.45. The van der Waals surface area contributed by atoms with Crippen LogP contribution >= 0.6 is 23.2 Å². The summed E-state index contributed by atoms with van der Waals surface area (Å²) in [6.07, 6.45) is 0. The molecule has 9 heteroatoms. The van der Waals surface area contributed by atoms with Gasteiger partial charge in [-0.25, -0.2) is 8.42 Å². The molecule has 2 heterocycles. The van der Waals surface area contributed by atoms with Crippen molar-refractivity contribution in [2.24, 2.45) is 0 Å². The van der Waals surface area contributed by atoms with Gasteiger partial charge in [0.05, 0.1) is 20.6 Å². The topological polar surface area (TPSA) is 66.7 Å². The van der Waals surface area contributed by atoms with E-state index in [4.69, 9.17) is 27.7 Å². The molecule has 0 aliphatic carbocycles. The van der Waals surface area contributed by atoms with Gasteiger partial charge in [0, 0.05) is 38.8 Å².